The van der Waals surface area contributed by atoms with Crippen molar-refractivity contribution in [1.82, 2.24) is 15.5 Å². The maximum absolute atomic E-state index is 13.0. The zero-order chi connectivity index (χ0) is 22.0. The van der Waals surface area contributed by atoms with Crippen LogP contribution in [0.25, 0.3) is 0 Å². The van der Waals surface area contributed by atoms with E-state index < -0.39 is 4.92 Å². The van der Waals surface area contributed by atoms with Gasteiger partial charge in [0.25, 0.3) is 5.69 Å². The highest BCUT2D eigenvalue weighted by Gasteiger charge is 2.37. The van der Waals surface area contributed by atoms with Crippen LogP contribution in [-0.2, 0) is 0 Å². The normalized spacial score (nSPS) is 20.8. The highest BCUT2D eigenvalue weighted by molar-refractivity contribution is 6.26. The molecule has 4 rings (SSSR count). The number of benzene rings is 1. The van der Waals surface area contributed by atoms with E-state index in [4.69, 9.17) is 0 Å². The molecule has 1 aromatic carbocycles. The lowest BCUT2D eigenvalue weighted by Gasteiger charge is -2.39. The number of hydrogen-bond acceptors (Lipinski definition) is 7. The van der Waals surface area contributed by atoms with Gasteiger partial charge in [0.05, 0.1) is 4.92 Å². The molecule has 8 nitrogen and oxygen atoms in total. The standard InChI is InChI=1S/C23H30N4O4/c1-24-19-20(22(29)18-15-16(27(30)31)5-6-17(18)21(19)28)25-11-4-12-26-13-9-23(10-14-26)7-2-3-8-23/h5-6,15,24-25H,2-4,7-14H2,1H3. The van der Waals surface area contributed by atoms with Gasteiger partial charge in [-0.3, -0.25) is 19.7 Å². The summed E-state index contributed by atoms with van der Waals surface area (Å²) >= 11 is 0. The van der Waals surface area contributed by atoms with Crippen molar-refractivity contribution in [2.24, 2.45) is 5.41 Å². The number of fused-ring (bicyclic) bond motifs is 1. The Bertz CT molecular complexity index is 924. The molecule has 31 heavy (non-hydrogen) atoms. The summed E-state index contributed by atoms with van der Waals surface area (Å²) in [6.07, 6.45) is 8.98. The van der Waals surface area contributed by atoms with Crippen LogP contribution in [0.2, 0.25) is 0 Å². The number of nitro groups is 1. The zero-order valence-corrected chi connectivity index (χ0v) is 18.0. The number of non-ortho nitro benzene ring substituents is 1. The van der Waals surface area contributed by atoms with Gasteiger partial charge in [-0.15, -0.1) is 0 Å². The molecule has 2 aliphatic carbocycles. The lowest BCUT2D eigenvalue weighted by Crippen LogP contribution is -2.40. The van der Waals surface area contributed by atoms with Crippen LogP contribution in [0.15, 0.2) is 29.6 Å². The van der Waals surface area contributed by atoms with Crippen molar-refractivity contribution in [3.63, 3.8) is 0 Å². The summed E-state index contributed by atoms with van der Waals surface area (Å²) in [4.78, 5) is 38.8. The molecule has 0 aromatic heterocycles. The number of nitrogens with one attached hydrogen (secondary N) is 2. The second-order valence-electron chi connectivity index (χ2n) is 8.97. The van der Waals surface area contributed by atoms with Crippen LogP contribution < -0.4 is 10.6 Å². The minimum Gasteiger partial charge on any atom is -0.383 e. The Morgan fingerprint density at radius 2 is 1.71 bits per heavy atom. The summed E-state index contributed by atoms with van der Waals surface area (Å²) in [7, 11) is 1.60. The first-order valence-electron chi connectivity index (χ1n) is 11.2. The number of Topliss-reactive ketones (excluding diaryl/α,β-unsaturated/α-hetero) is 2. The van der Waals surface area contributed by atoms with Gasteiger partial charge in [0.15, 0.2) is 0 Å². The molecule has 1 spiro atoms. The maximum Gasteiger partial charge on any atom is 0.270 e. The van der Waals surface area contributed by atoms with E-state index in [9.17, 15) is 19.7 Å². The monoisotopic (exact) mass is 426 g/mol. The molecular weight excluding hydrogens is 396 g/mol. The second kappa shape index (κ2) is 8.78. The first-order valence-corrected chi connectivity index (χ1v) is 11.2. The van der Waals surface area contributed by atoms with Crippen molar-refractivity contribution in [2.45, 2.75) is 44.9 Å². The van der Waals surface area contributed by atoms with Gasteiger partial charge in [0.2, 0.25) is 11.6 Å². The van der Waals surface area contributed by atoms with Crippen molar-refractivity contribution >= 4 is 17.3 Å². The van der Waals surface area contributed by atoms with Crippen molar-refractivity contribution in [3.05, 3.63) is 50.8 Å². The molecule has 8 heteroatoms. The summed E-state index contributed by atoms with van der Waals surface area (Å²) in [6, 6.07) is 3.80. The third-order valence-corrected chi connectivity index (χ3v) is 7.19. The van der Waals surface area contributed by atoms with E-state index in [-0.39, 0.29) is 39.8 Å². The zero-order valence-electron chi connectivity index (χ0n) is 18.0. The van der Waals surface area contributed by atoms with Gasteiger partial charge in [-0.25, -0.2) is 0 Å². The molecule has 1 aliphatic heterocycles. The number of allylic oxidation sites excluding steroid dienone is 2. The summed E-state index contributed by atoms with van der Waals surface area (Å²) in [5.41, 5.74) is 1.10. The van der Waals surface area contributed by atoms with E-state index >= 15 is 0 Å². The van der Waals surface area contributed by atoms with Crippen molar-refractivity contribution < 1.29 is 14.5 Å². The predicted molar refractivity (Wildman–Crippen MR) is 117 cm³/mol. The van der Waals surface area contributed by atoms with Gasteiger partial charge < -0.3 is 15.5 Å². The van der Waals surface area contributed by atoms with E-state index in [2.05, 4.69) is 15.5 Å². The fourth-order valence-electron chi connectivity index (χ4n) is 5.33. The largest absolute Gasteiger partial charge is 0.383 e. The number of nitro benzene ring substituents is 1. The number of piperidine rings is 1. The van der Waals surface area contributed by atoms with Crippen LogP contribution >= 0.6 is 0 Å². The average Bonchev–Trinajstić information content (AvgIpc) is 3.23. The molecule has 2 fully saturated rings. The molecular formula is C23H30N4O4. The number of nitrogens with zero attached hydrogens (tertiary/aromatic N) is 2. The Labute approximate surface area is 182 Å². The summed E-state index contributed by atoms with van der Waals surface area (Å²) in [5, 5.41) is 17.0. The Balaban J connectivity index is 1.36. The number of likely N-dealkylation sites (N-methyl/N-ethyl adjacent to an activating group) is 1. The molecule has 166 valence electrons. The predicted octanol–water partition coefficient (Wildman–Crippen LogP) is 3.04. The lowest BCUT2D eigenvalue weighted by molar-refractivity contribution is -0.384. The Morgan fingerprint density at radius 3 is 2.35 bits per heavy atom. The molecule has 0 atom stereocenters. The van der Waals surface area contributed by atoms with E-state index in [0.29, 0.717) is 12.0 Å². The fourth-order valence-corrected chi connectivity index (χ4v) is 5.33. The fraction of sp³-hybridized carbons (Fsp3) is 0.565. The maximum atomic E-state index is 13.0. The summed E-state index contributed by atoms with van der Waals surface area (Å²) < 4.78 is 0. The van der Waals surface area contributed by atoms with Crippen molar-refractivity contribution in [3.8, 4) is 0 Å². The molecule has 0 bridgehead atoms. The van der Waals surface area contributed by atoms with E-state index in [0.717, 1.165) is 26.1 Å². The third-order valence-electron chi connectivity index (χ3n) is 7.19. The van der Waals surface area contributed by atoms with Gasteiger partial charge >= 0.3 is 0 Å². The average molecular weight is 427 g/mol. The molecule has 0 radical (unpaired) electrons. The number of hydrogen-bond donors (Lipinski definition) is 2. The van der Waals surface area contributed by atoms with Crippen molar-refractivity contribution in [2.75, 3.05) is 33.2 Å². The molecule has 2 N–H and O–H groups in total. The van der Waals surface area contributed by atoms with Crippen LogP contribution in [0.1, 0.15) is 65.7 Å². The first-order chi connectivity index (χ1) is 14.9. The third kappa shape index (κ3) is 4.21. The van der Waals surface area contributed by atoms with E-state index in [1.165, 1.54) is 56.7 Å². The van der Waals surface area contributed by atoms with Crippen LogP contribution in [0.5, 0.6) is 0 Å². The molecule has 0 unspecified atom stereocenters. The Hall–Kier alpha value is -2.74. The number of rotatable bonds is 7. The summed E-state index contributed by atoms with van der Waals surface area (Å²) in [5.74, 6) is -0.712. The molecule has 1 saturated heterocycles. The van der Waals surface area contributed by atoms with Crippen LogP contribution in [0, 0.1) is 15.5 Å². The van der Waals surface area contributed by atoms with Gasteiger partial charge in [0, 0.05) is 36.9 Å². The smallest absolute Gasteiger partial charge is 0.270 e. The van der Waals surface area contributed by atoms with Crippen molar-refractivity contribution in [1.29, 1.82) is 0 Å². The minimum atomic E-state index is -0.559. The molecule has 1 saturated carbocycles. The number of likely N-dealkylation sites (tertiary alicyclic amines) is 1. The SMILES string of the molecule is CNC1=C(NCCCN2CCC3(CCCC3)CC2)C(=O)c2cc([N+](=O)[O-])ccc2C1=O. The van der Waals surface area contributed by atoms with Gasteiger partial charge in [-0.05, 0) is 63.2 Å². The number of carbonyl (C=O) groups excluding carboxylic acids is 2. The van der Waals surface area contributed by atoms with Crippen LogP contribution in [0.3, 0.4) is 0 Å². The molecule has 1 heterocycles. The summed E-state index contributed by atoms with van der Waals surface area (Å²) in [6.45, 7) is 3.79. The lowest BCUT2D eigenvalue weighted by atomic mass is 9.77. The molecule has 1 aromatic rings. The quantitative estimate of drug-likeness (QED) is 0.392. The molecule has 0 amide bonds. The number of carbonyl (C=O) groups is 2. The topological polar surface area (TPSA) is 105 Å². The minimum absolute atomic E-state index is 0.0820. The van der Waals surface area contributed by atoms with E-state index in [1.807, 2.05) is 0 Å². The second-order valence-corrected chi connectivity index (χ2v) is 8.97. The Morgan fingerprint density at radius 1 is 1.03 bits per heavy atom. The first kappa shape index (κ1) is 21.5. The molecule has 3 aliphatic rings. The van der Waals surface area contributed by atoms with Gasteiger partial charge in [-0.1, -0.05) is 12.8 Å². The van der Waals surface area contributed by atoms with Gasteiger partial charge in [-0.2, -0.15) is 0 Å². The number of ketones is 2. The highest BCUT2D eigenvalue weighted by Crippen LogP contribution is 2.46. The van der Waals surface area contributed by atoms with E-state index in [1.54, 1.807) is 7.05 Å². The highest BCUT2D eigenvalue weighted by atomic mass is 16.6. The van der Waals surface area contributed by atoms with Crippen LogP contribution in [0.4, 0.5) is 5.69 Å². The van der Waals surface area contributed by atoms with Gasteiger partial charge in [0.1, 0.15) is 11.4 Å². The Kier molecular flexibility index (Phi) is 6.09. The van der Waals surface area contributed by atoms with Crippen LogP contribution in [-0.4, -0.2) is 54.6 Å².